The van der Waals surface area contributed by atoms with Gasteiger partial charge in [-0.05, 0) is 31.2 Å². The standard InChI is InChI=1S/C11H22N2/c1-9-6-13(7-10(9)2)8-11-4-3-5-12-11/h9-12H,3-8H2,1-2H3/t9?,10?,11-/m1/s1. The number of nitrogens with one attached hydrogen (secondary N) is 1. The summed E-state index contributed by atoms with van der Waals surface area (Å²) in [4.78, 5) is 2.64. The maximum Gasteiger partial charge on any atom is 0.0195 e. The minimum absolute atomic E-state index is 0.789. The fourth-order valence-electron chi connectivity index (χ4n) is 2.62. The van der Waals surface area contributed by atoms with E-state index in [0.29, 0.717) is 0 Å². The molecule has 2 aliphatic heterocycles. The minimum atomic E-state index is 0.789. The number of hydrogen-bond acceptors (Lipinski definition) is 2. The van der Waals surface area contributed by atoms with E-state index in [-0.39, 0.29) is 0 Å². The van der Waals surface area contributed by atoms with Gasteiger partial charge in [0.1, 0.15) is 0 Å². The van der Waals surface area contributed by atoms with Crippen LogP contribution in [0.4, 0.5) is 0 Å². The van der Waals surface area contributed by atoms with E-state index in [2.05, 4.69) is 24.1 Å². The zero-order valence-corrected chi connectivity index (χ0v) is 8.92. The van der Waals surface area contributed by atoms with Gasteiger partial charge in [0, 0.05) is 25.7 Å². The molecule has 2 heteroatoms. The molecule has 0 amide bonds. The van der Waals surface area contributed by atoms with Crippen LogP contribution in [0.2, 0.25) is 0 Å². The number of nitrogens with zero attached hydrogens (tertiary/aromatic N) is 1. The van der Waals surface area contributed by atoms with Crippen LogP contribution in [0, 0.1) is 11.8 Å². The van der Waals surface area contributed by atoms with Gasteiger partial charge in [0.05, 0.1) is 0 Å². The Balaban J connectivity index is 1.76. The molecule has 2 heterocycles. The molecule has 1 N–H and O–H groups in total. The molecule has 0 spiro atoms. The molecule has 2 saturated heterocycles. The van der Waals surface area contributed by atoms with Crippen molar-refractivity contribution in [2.45, 2.75) is 32.7 Å². The van der Waals surface area contributed by atoms with Crippen molar-refractivity contribution < 1.29 is 0 Å². The van der Waals surface area contributed by atoms with Crippen LogP contribution in [0.5, 0.6) is 0 Å². The molecular formula is C11H22N2. The molecule has 0 aromatic carbocycles. The van der Waals surface area contributed by atoms with Gasteiger partial charge < -0.3 is 10.2 Å². The molecule has 0 bridgehead atoms. The summed E-state index contributed by atoms with van der Waals surface area (Å²) in [5.74, 6) is 1.81. The molecule has 2 fully saturated rings. The van der Waals surface area contributed by atoms with Crippen LogP contribution in [0.3, 0.4) is 0 Å². The maximum atomic E-state index is 3.57. The van der Waals surface area contributed by atoms with Gasteiger partial charge >= 0.3 is 0 Å². The van der Waals surface area contributed by atoms with Gasteiger partial charge in [-0.1, -0.05) is 13.8 Å². The molecule has 0 aliphatic carbocycles. The summed E-state index contributed by atoms with van der Waals surface area (Å²) in [6.45, 7) is 9.93. The Bertz CT molecular complexity index is 153. The molecule has 2 unspecified atom stereocenters. The Hall–Kier alpha value is -0.0800. The lowest BCUT2D eigenvalue weighted by atomic mass is 10.0. The zero-order chi connectivity index (χ0) is 9.26. The van der Waals surface area contributed by atoms with E-state index < -0.39 is 0 Å². The van der Waals surface area contributed by atoms with E-state index in [1.165, 1.54) is 39.0 Å². The van der Waals surface area contributed by atoms with Crippen LogP contribution in [0.15, 0.2) is 0 Å². The highest BCUT2D eigenvalue weighted by Gasteiger charge is 2.28. The first-order chi connectivity index (χ1) is 6.25. The van der Waals surface area contributed by atoms with Crippen LogP contribution in [-0.4, -0.2) is 37.1 Å². The molecule has 2 aliphatic rings. The van der Waals surface area contributed by atoms with E-state index in [0.717, 1.165) is 17.9 Å². The highest BCUT2D eigenvalue weighted by molar-refractivity contribution is 4.84. The van der Waals surface area contributed by atoms with Crippen molar-refractivity contribution in [2.75, 3.05) is 26.2 Å². The molecule has 0 radical (unpaired) electrons. The molecule has 2 rings (SSSR count). The van der Waals surface area contributed by atoms with Crippen molar-refractivity contribution >= 4 is 0 Å². The summed E-state index contributed by atoms with van der Waals surface area (Å²) >= 11 is 0. The van der Waals surface area contributed by atoms with Crippen LogP contribution >= 0.6 is 0 Å². The second-order valence-corrected chi connectivity index (χ2v) is 4.97. The molecule has 0 aromatic rings. The van der Waals surface area contributed by atoms with Gasteiger partial charge in [-0.25, -0.2) is 0 Å². The van der Waals surface area contributed by atoms with Gasteiger partial charge in [-0.2, -0.15) is 0 Å². The molecular weight excluding hydrogens is 160 g/mol. The Kier molecular flexibility index (Phi) is 2.89. The Morgan fingerprint density at radius 3 is 2.46 bits per heavy atom. The predicted molar refractivity (Wildman–Crippen MR) is 55.8 cm³/mol. The molecule has 76 valence electrons. The molecule has 2 nitrogen and oxygen atoms in total. The van der Waals surface area contributed by atoms with Crippen LogP contribution in [-0.2, 0) is 0 Å². The topological polar surface area (TPSA) is 15.3 Å². The lowest BCUT2D eigenvalue weighted by Gasteiger charge is -2.20. The maximum absolute atomic E-state index is 3.57. The fourth-order valence-corrected chi connectivity index (χ4v) is 2.62. The van der Waals surface area contributed by atoms with Crippen molar-refractivity contribution in [3.63, 3.8) is 0 Å². The van der Waals surface area contributed by atoms with Crippen molar-refractivity contribution in [1.82, 2.24) is 10.2 Å². The number of hydrogen-bond donors (Lipinski definition) is 1. The lowest BCUT2D eigenvalue weighted by Crippen LogP contribution is -2.36. The first-order valence-electron chi connectivity index (χ1n) is 5.71. The first-order valence-corrected chi connectivity index (χ1v) is 5.71. The second-order valence-electron chi connectivity index (χ2n) is 4.97. The Labute approximate surface area is 81.7 Å². The van der Waals surface area contributed by atoms with E-state index in [1.807, 2.05) is 0 Å². The van der Waals surface area contributed by atoms with Gasteiger partial charge in [0.15, 0.2) is 0 Å². The molecule has 0 saturated carbocycles. The van der Waals surface area contributed by atoms with Gasteiger partial charge in [-0.3, -0.25) is 0 Å². The highest BCUT2D eigenvalue weighted by atomic mass is 15.2. The summed E-state index contributed by atoms with van der Waals surface area (Å²) in [7, 11) is 0. The zero-order valence-electron chi connectivity index (χ0n) is 8.92. The molecule has 0 aromatic heterocycles. The second kappa shape index (κ2) is 3.97. The highest BCUT2D eigenvalue weighted by Crippen LogP contribution is 2.22. The third-order valence-corrected chi connectivity index (χ3v) is 3.70. The van der Waals surface area contributed by atoms with Gasteiger partial charge in [0.2, 0.25) is 0 Å². The van der Waals surface area contributed by atoms with Crippen molar-refractivity contribution in [1.29, 1.82) is 0 Å². The largest absolute Gasteiger partial charge is 0.313 e. The van der Waals surface area contributed by atoms with Crippen molar-refractivity contribution in [2.24, 2.45) is 11.8 Å². The SMILES string of the molecule is CC1CN(C[C@H]2CCCN2)CC1C. The van der Waals surface area contributed by atoms with Crippen molar-refractivity contribution in [3.8, 4) is 0 Å². The van der Waals surface area contributed by atoms with Crippen molar-refractivity contribution in [3.05, 3.63) is 0 Å². The average Bonchev–Trinajstić information content (AvgIpc) is 2.64. The van der Waals surface area contributed by atoms with Crippen LogP contribution < -0.4 is 5.32 Å². The van der Waals surface area contributed by atoms with E-state index in [1.54, 1.807) is 0 Å². The number of likely N-dealkylation sites (tertiary alicyclic amines) is 1. The monoisotopic (exact) mass is 182 g/mol. The fraction of sp³-hybridized carbons (Fsp3) is 1.00. The summed E-state index contributed by atoms with van der Waals surface area (Å²) in [5.41, 5.74) is 0. The van der Waals surface area contributed by atoms with Crippen LogP contribution in [0.1, 0.15) is 26.7 Å². The van der Waals surface area contributed by atoms with E-state index >= 15 is 0 Å². The molecule has 3 atom stereocenters. The average molecular weight is 182 g/mol. The third kappa shape index (κ3) is 2.23. The Morgan fingerprint density at radius 1 is 1.23 bits per heavy atom. The quantitative estimate of drug-likeness (QED) is 0.693. The van der Waals surface area contributed by atoms with Gasteiger partial charge in [-0.15, -0.1) is 0 Å². The first kappa shape index (κ1) is 9.47. The predicted octanol–water partition coefficient (Wildman–Crippen LogP) is 1.33. The third-order valence-electron chi connectivity index (χ3n) is 3.70. The van der Waals surface area contributed by atoms with Crippen LogP contribution in [0.25, 0.3) is 0 Å². The summed E-state index contributed by atoms with van der Waals surface area (Å²) < 4.78 is 0. The molecule has 13 heavy (non-hydrogen) atoms. The minimum Gasteiger partial charge on any atom is -0.313 e. The smallest absolute Gasteiger partial charge is 0.0195 e. The number of rotatable bonds is 2. The Morgan fingerprint density at radius 2 is 1.92 bits per heavy atom. The lowest BCUT2D eigenvalue weighted by molar-refractivity contribution is 0.291. The normalized spacial score (nSPS) is 41.5. The summed E-state index contributed by atoms with van der Waals surface area (Å²) in [5, 5.41) is 3.57. The van der Waals surface area contributed by atoms with E-state index in [4.69, 9.17) is 0 Å². The van der Waals surface area contributed by atoms with E-state index in [9.17, 15) is 0 Å². The summed E-state index contributed by atoms with van der Waals surface area (Å²) in [6, 6.07) is 0.789. The van der Waals surface area contributed by atoms with Gasteiger partial charge in [0.25, 0.3) is 0 Å². The summed E-state index contributed by atoms with van der Waals surface area (Å²) in [6.07, 6.45) is 2.77.